The first kappa shape index (κ1) is 38.1. The summed E-state index contributed by atoms with van der Waals surface area (Å²) >= 11 is 0. The Morgan fingerprint density at radius 1 is 0.645 bits per heavy atom. The number of anilines is 2. The summed E-state index contributed by atoms with van der Waals surface area (Å²) in [6, 6.07) is 22.5. The standard InChI is InChI=1S/C53H55FN4O4/c1-30-29-58-43(22-26-57-45-28-35(53(61)62)16-18-39(45)46(32-7-3-2-4-8-32)50(57)40-10-5-9-36(30)49(40)58)31-11-13-33(14-12-31)47-38-17-15-34(52(59)60)27-44(38)56-24-6-23-55-25-21-37-42(54)20-19-41(48(37)55)51(47)56/h5,9-10,15-20,27-28,30-33,43H,2-4,6-8,11-14,21-26,29H2,1H3,(H,59,60)(H,61,62). The molecule has 0 radical (unpaired) electrons. The minimum atomic E-state index is -0.920. The number of carbonyl (C=O) groups is 2. The molecule has 6 aliphatic rings. The third kappa shape index (κ3) is 5.68. The van der Waals surface area contributed by atoms with Crippen molar-refractivity contribution in [3.63, 3.8) is 0 Å². The van der Waals surface area contributed by atoms with Crippen LogP contribution in [-0.2, 0) is 19.5 Å². The van der Waals surface area contributed by atoms with Crippen LogP contribution in [0.15, 0.2) is 66.7 Å². The minimum Gasteiger partial charge on any atom is -0.478 e. The van der Waals surface area contributed by atoms with Crippen LogP contribution in [0.3, 0.4) is 0 Å². The second kappa shape index (κ2) is 14.5. The molecule has 62 heavy (non-hydrogen) atoms. The van der Waals surface area contributed by atoms with Crippen LogP contribution in [0.1, 0.15) is 138 Å². The van der Waals surface area contributed by atoms with Crippen molar-refractivity contribution in [2.45, 2.75) is 121 Å². The Kier molecular flexibility index (Phi) is 8.92. The van der Waals surface area contributed by atoms with Crippen molar-refractivity contribution in [2.24, 2.45) is 5.92 Å². The third-order valence-electron chi connectivity index (χ3n) is 16.3. The van der Waals surface area contributed by atoms with Gasteiger partial charge in [0.15, 0.2) is 0 Å². The van der Waals surface area contributed by atoms with Gasteiger partial charge in [-0.15, -0.1) is 0 Å². The number of hydrogen-bond acceptors (Lipinski definition) is 4. The lowest BCUT2D eigenvalue weighted by atomic mass is 9.73. The first-order valence-corrected chi connectivity index (χ1v) is 23.5. The predicted molar refractivity (Wildman–Crippen MR) is 244 cm³/mol. The summed E-state index contributed by atoms with van der Waals surface area (Å²) in [5, 5.41) is 22.6. The number of fused-ring (bicyclic) bond motifs is 8. The number of para-hydroxylation sites is 1. The van der Waals surface area contributed by atoms with Crippen molar-refractivity contribution in [1.29, 1.82) is 0 Å². The van der Waals surface area contributed by atoms with E-state index in [1.807, 2.05) is 24.3 Å². The monoisotopic (exact) mass is 830 g/mol. The van der Waals surface area contributed by atoms with Gasteiger partial charge in [-0.05, 0) is 129 Å². The van der Waals surface area contributed by atoms with E-state index in [1.54, 1.807) is 12.1 Å². The van der Waals surface area contributed by atoms with Gasteiger partial charge in [0.1, 0.15) is 5.82 Å². The second-order valence-electron chi connectivity index (χ2n) is 19.5. The highest BCUT2D eigenvalue weighted by Crippen LogP contribution is 2.55. The molecule has 4 aliphatic heterocycles. The Bertz CT molecular complexity index is 2840. The highest BCUT2D eigenvalue weighted by Gasteiger charge is 2.42. The molecule has 2 aliphatic carbocycles. The maximum Gasteiger partial charge on any atom is 0.335 e. The van der Waals surface area contributed by atoms with Gasteiger partial charge < -0.3 is 29.1 Å². The molecule has 0 saturated heterocycles. The highest BCUT2D eigenvalue weighted by atomic mass is 19.1. The van der Waals surface area contributed by atoms with Gasteiger partial charge in [0.05, 0.1) is 28.2 Å². The summed E-state index contributed by atoms with van der Waals surface area (Å²) in [7, 11) is 0. The minimum absolute atomic E-state index is 0.127. The first-order valence-electron chi connectivity index (χ1n) is 23.5. The van der Waals surface area contributed by atoms with Gasteiger partial charge in [0, 0.05) is 88.9 Å². The number of rotatable bonds is 5. The van der Waals surface area contributed by atoms with Crippen LogP contribution < -0.4 is 9.80 Å². The second-order valence-corrected chi connectivity index (χ2v) is 19.5. The molecule has 0 spiro atoms. The molecule has 6 heterocycles. The number of nitrogens with zero attached hydrogens (tertiary/aromatic N) is 4. The lowest BCUT2D eigenvalue weighted by molar-refractivity contribution is 0.0686. The lowest BCUT2D eigenvalue weighted by Gasteiger charge is -2.42. The van der Waals surface area contributed by atoms with E-state index in [9.17, 15) is 19.8 Å². The zero-order chi connectivity index (χ0) is 42.0. The van der Waals surface area contributed by atoms with E-state index in [0.29, 0.717) is 41.3 Å². The zero-order valence-corrected chi connectivity index (χ0v) is 35.6. The Morgan fingerprint density at radius 2 is 1.29 bits per heavy atom. The van der Waals surface area contributed by atoms with Crippen LogP contribution in [-0.4, -0.2) is 57.0 Å². The van der Waals surface area contributed by atoms with Crippen molar-refractivity contribution >= 4 is 45.1 Å². The molecule has 9 heteroatoms. The fraction of sp³-hybridized carbons (Fsp3) is 0.434. The van der Waals surface area contributed by atoms with Crippen LogP contribution in [0.5, 0.6) is 0 Å². The number of aromatic carboxylic acids is 2. The molecule has 2 fully saturated rings. The zero-order valence-electron chi connectivity index (χ0n) is 35.6. The summed E-state index contributed by atoms with van der Waals surface area (Å²) in [6.45, 7) is 6.71. The molecule has 0 bridgehead atoms. The van der Waals surface area contributed by atoms with Gasteiger partial charge in [0.25, 0.3) is 0 Å². The molecule has 2 aromatic heterocycles. The Morgan fingerprint density at radius 3 is 1.97 bits per heavy atom. The van der Waals surface area contributed by atoms with E-state index in [0.717, 1.165) is 110 Å². The van der Waals surface area contributed by atoms with E-state index in [2.05, 4.69) is 56.2 Å². The maximum absolute atomic E-state index is 15.4. The van der Waals surface area contributed by atoms with Crippen LogP contribution in [0.2, 0.25) is 0 Å². The fourth-order valence-electron chi connectivity index (χ4n) is 13.6. The molecular weight excluding hydrogens is 776 g/mol. The molecule has 2 N–H and O–H groups in total. The van der Waals surface area contributed by atoms with E-state index < -0.39 is 11.9 Å². The topological polar surface area (TPSA) is 90.9 Å². The van der Waals surface area contributed by atoms with Crippen molar-refractivity contribution < 1.29 is 24.2 Å². The van der Waals surface area contributed by atoms with Crippen molar-refractivity contribution in [3.05, 3.63) is 106 Å². The maximum atomic E-state index is 15.4. The SMILES string of the molecule is CC1CN2c3c(cccc31)-c1c(C3CCCCC3)c3ccc(C(=O)O)cc3n1CCC2C1CCC(c2c3n(c4cc(C(=O)O)ccc24)CCCN2CCc4c(F)ccc-3c42)CC1. The summed E-state index contributed by atoms with van der Waals surface area (Å²) in [5.74, 6) is -0.281. The molecule has 2 atom stereocenters. The van der Waals surface area contributed by atoms with Gasteiger partial charge >= 0.3 is 11.9 Å². The number of carboxylic acid groups (broad SMARTS) is 2. The van der Waals surface area contributed by atoms with Gasteiger partial charge in [-0.1, -0.05) is 56.5 Å². The van der Waals surface area contributed by atoms with E-state index >= 15 is 4.39 Å². The van der Waals surface area contributed by atoms with Crippen LogP contribution >= 0.6 is 0 Å². The number of aromatic nitrogens is 2. The summed E-state index contributed by atoms with van der Waals surface area (Å²) in [5.41, 5.74) is 15.0. The third-order valence-corrected chi connectivity index (χ3v) is 16.3. The summed E-state index contributed by atoms with van der Waals surface area (Å²) < 4.78 is 20.3. The highest BCUT2D eigenvalue weighted by molar-refractivity contribution is 6.01. The van der Waals surface area contributed by atoms with Crippen molar-refractivity contribution in [3.8, 4) is 22.5 Å². The Hall–Kier alpha value is -5.57. The average Bonchev–Trinajstić information content (AvgIpc) is 4.03. The summed E-state index contributed by atoms with van der Waals surface area (Å²) in [4.78, 5) is 29.9. The normalized spacial score (nSPS) is 23.3. The van der Waals surface area contributed by atoms with Crippen molar-refractivity contribution in [2.75, 3.05) is 29.4 Å². The molecule has 2 saturated carbocycles. The molecule has 8 nitrogen and oxygen atoms in total. The van der Waals surface area contributed by atoms with Gasteiger partial charge in [0.2, 0.25) is 0 Å². The molecule has 12 rings (SSSR count). The first-order chi connectivity index (χ1) is 30.2. The summed E-state index contributed by atoms with van der Waals surface area (Å²) in [6.07, 6.45) is 13.0. The van der Waals surface area contributed by atoms with E-state index in [1.165, 1.54) is 71.1 Å². The predicted octanol–water partition coefficient (Wildman–Crippen LogP) is 11.9. The fourth-order valence-corrected chi connectivity index (χ4v) is 13.6. The van der Waals surface area contributed by atoms with Crippen molar-refractivity contribution in [1.82, 2.24) is 9.13 Å². The van der Waals surface area contributed by atoms with Gasteiger partial charge in [-0.25, -0.2) is 14.0 Å². The Balaban J connectivity index is 0.944. The molecule has 0 amide bonds. The van der Waals surface area contributed by atoms with Gasteiger partial charge in [-0.3, -0.25) is 0 Å². The molecule has 2 unspecified atom stereocenters. The number of halogens is 1. The molecule has 6 aromatic rings. The smallest absolute Gasteiger partial charge is 0.335 e. The number of hydrogen-bond donors (Lipinski definition) is 2. The number of carboxylic acids is 2. The molecular formula is C53H55FN4O4. The van der Waals surface area contributed by atoms with Crippen LogP contribution in [0.25, 0.3) is 44.3 Å². The van der Waals surface area contributed by atoms with E-state index in [-0.39, 0.29) is 11.7 Å². The molecule has 4 aromatic carbocycles. The van der Waals surface area contributed by atoms with E-state index in [4.69, 9.17) is 0 Å². The number of aryl methyl sites for hydroxylation is 2. The number of benzene rings is 4. The lowest BCUT2D eigenvalue weighted by Crippen LogP contribution is -2.43. The quantitative estimate of drug-likeness (QED) is 0.180. The molecule has 318 valence electrons. The van der Waals surface area contributed by atoms with Crippen LogP contribution in [0, 0.1) is 11.7 Å². The Labute approximate surface area is 361 Å². The van der Waals surface area contributed by atoms with Gasteiger partial charge in [-0.2, -0.15) is 0 Å². The average molecular weight is 831 g/mol. The largest absolute Gasteiger partial charge is 0.478 e. The van der Waals surface area contributed by atoms with Crippen LogP contribution in [0.4, 0.5) is 15.8 Å².